The topological polar surface area (TPSA) is 96.3 Å². The summed E-state index contributed by atoms with van der Waals surface area (Å²) < 4.78 is 61.4. The van der Waals surface area contributed by atoms with Gasteiger partial charge in [0, 0.05) is 48.1 Å². The van der Waals surface area contributed by atoms with E-state index in [0.717, 1.165) is 24.3 Å². The lowest BCUT2D eigenvalue weighted by Crippen LogP contribution is -2.37. The first-order chi connectivity index (χ1) is 16.8. The predicted molar refractivity (Wildman–Crippen MR) is 122 cm³/mol. The number of amides is 1. The summed E-state index contributed by atoms with van der Waals surface area (Å²) in [6.07, 6.45) is 0. The summed E-state index contributed by atoms with van der Waals surface area (Å²) in [5, 5.41) is 4.10. The number of H-pyrrole nitrogens is 1. The number of anilines is 1. The molecule has 5 rings (SSSR count). The number of likely N-dealkylation sites (N-methyl/N-ethyl adjacent to an activating group) is 1. The number of pyridine rings is 1. The van der Waals surface area contributed by atoms with Crippen LogP contribution < -0.4 is 11.1 Å². The van der Waals surface area contributed by atoms with Crippen molar-refractivity contribution in [2.75, 3.05) is 32.1 Å². The zero-order chi connectivity index (χ0) is 24.9. The van der Waals surface area contributed by atoms with Gasteiger partial charge in [0.05, 0.1) is 24.9 Å². The average Bonchev–Trinajstić information content (AvgIpc) is 3.25. The Kier molecular flexibility index (Phi) is 5.81. The maximum absolute atomic E-state index is 14.3. The van der Waals surface area contributed by atoms with Crippen LogP contribution in [0.3, 0.4) is 0 Å². The van der Waals surface area contributed by atoms with E-state index < -0.39 is 35.2 Å². The molecule has 0 bridgehead atoms. The monoisotopic (exact) mass is 487 g/mol. The number of rotatable bonds is 5. The number of nitrogens with two attached hydrogens (primary N) is 1. The third-order valence-corrected chi connectivity index (χ3v) is 6.13. The molecule has 182 valence electrons. The van der Waals surface area contributed by atoms with Gasteiger partial charge in [-0.05, 0) is 29.7 Å². The van der Waals surface area contributed by atoms with Crippen molar-refractivity contribution in [3.05, 3.63) is 70.6 Å². The Bertz CT molecular complexity index is 1430. The fourth-order valence-electron chi connectivity index (χ4n) is 4.41. The van der Waals surface area contributed by atoms with Crippen LogP contribution in [-0.2, 0) is 11.3 Å². The maximum atomic E-state index is 14.3. The lowest BCUT2D eigenvalue weighted by atomic mass is 9.94. The molecule has 1 amide bonds. The first-order valence-electron chi connectivity index (χ1n) is 10.9. The number of aromatic nitrogens is 2. The molecule has 11 heteroatoms. The molecular weight excluding hydrogens is 466 g/mol. The highest BCUT2D eigenvalue weighted by Crippen LogP contribution is 2.38. The molecule has 0 saturated carbocycles. The van der Waals surface area contributed by atoms with Crippen LogP contribution in [0.2, 0.25) is 0 Å². The zero-order valence-electron chi connectivity index (χ0n) is 18.6. The van der Waals surface area contributed by atoms with E-state index in [1.165, 1.54) is 18.0 Å². The number of hydrogen-bond donors (Lipinski definition) is 3. The van der Waals surface area contributed by atoms with Gasteiger partial charge in [-0.25, -0.2) is 22.5 Å². The molecule has 0 spiro atoms. The highest BCUT2D eigenvalue weighted by Gasteiger charge is 2.32. The minimum Gasteiger partial charge on any atom is -0.373 e. The fourth-order valence-corrected chi connectivity index (χ4v) is 4.41. The largest absolute Gasteiger partial charge is 0.373 e. The van der Waals surface area contributed by atoms with E-state index in [0.29, 0.717) is 46.3 Å². The normalized spacial score (nSPS) is 15.4. The fraction of sp³-hybridized carbons (Fsp3) is 0.250. The molecule has 2 aromatic carbocycles. The molecule has 0 fully saturated rings. The third-order valence-electron chi connectivity index (χ3n) is 6.13. The third kappa shape index (κ3) is 3.96. The van der Waals surface area contributed by atoms with Crippen molar-refractivity contribution in [3.8, 4) is 0 Å². The molecule has 1 aliphatic rings. The molecule has 0 radical (unpaired) electrons. The smallest absolute Gasteiger partial charge is 0.270 e. The SMILES string of the molecule is CN(C(=O)c1cc2cc(F)c(F)cc2[nH]1)[C@@H]1COCc2nc(NCCN)c3cc(F)c(F)cc3c21. The van der Waals surface area contributed by atoms with Crippen LogP contribution in [0.15, 0.2) is 30.3 Å². The molecule has 0 unspecified atom stereocenters. The minimum atomic E-state index is -1.04. The van der Waals surface area contributed by atoms with Gasteiger partial charge in [-0.15, -0.1) is 0 Å². The number of benzene rings is 2. The summed E-state index contributed by atoms with van der Waals surface area (Å²) in [7, 11) is 1.53. The summed E-state index contributed by atoms with van der Waals surface area (Å²) in [5.74, 6) is -4.27. The molecular formula is C24H21F4N5O2. The van der Waals surface area contributed by atoms with Crippen LogP contribution in [-0.4, -0.2) is 47.5 Å². The van der Waals surface area contributed by atoms with E-state index in [-0.39, 0.29) is 24.4 Å². The van der Waals surface area contributed by atoms with Gasteiger partial charge in [0.15, 0.2) is 23.3 Å². The van der Waals surface area contributed by atoms with E-state index in [9.17, 15) is 22.4 Å². The predicted octanol–water partition coefficient (Wildman–Crippen LogP) is 3.99. The van der Waals surface area contributed by atoms with Crippen LogP contribution in [0.1, 0.15) is 27.8 Å². The second-order valence-corrected chi connectivity index (χ2v) is 8.33. The summed E-state index contributed by atoms with van der Waals surface area (Å²) in [5.41, 5.74) is 6.95. The Labute approximate surface area is 196 Å². The first kappa shape index (κ1) is 23.1. The number of aromatic amines is 1. The highest BCUT2D eigenvalue weighted by atomic mass is 19.2. The standard InChI is InChI=1S/C24H21F4N5O2/c1-33(24(34)19-5-11-4-14(25)17(28)8-18(11)31-19)21-10-35-9-20-22(21)12-6-15(26)16(27)7-13(12)23(32-20)30-3-2-29/h4-8,21,31H,2-3,9-10,29H2,1H3,(H,30,32)/t21-/m1/s1. The van der Waals surface area contributed by atoms with Crippen molar-refractivity contribution >= 4 is 33.4 Å². The first-order valence-corrected chi connectivity index (χ1v) is 10.9. The molecule has 35 heavy (non-hydrogen) atoms. The van der Waals surface area contributed by atoms with Crippen molar-refractivity contribution in [1.82, 2.24) is 14.9 Å². The molecule has 1 atom stereocenters. The number of ether oxygens (including phenoxy) is 1. The van der Waals surface area contributed by atoms with E-state index in [1.54, 1.807) is 0 Å². The lowest BCUT2D eigenvalue weighted by molar-refractivity contribution is 0.0334. The van der Waals surface area contributed by atoms with Gasteiger partial charge in [-0.1, -0.05) is 0 Å². The Balaban J connectivity index is 1.59. The number of halogens is 4. The van der Waals surface area contributed by atoms with Crippen molar-refractivity contribution in [3.63, 3.8) is 0 Å². The van der Waals surface area contributed by atoms with Crippen LogP contribution in [0, 0.1) is 23.3 Å². The van der Waals surface area contributed by atoms with Crippen LogP contribution >= 0.6 is 0 Å². The maximum Gasteiger partial charge on any atom is 0.270 e. The summed E-state index contributed by atoms with van der Waals surface area (Å²) >= 11 is 0. The molecule has 4 aromatic rings. The van der Waals surface area contributed by atoms with Gasteiger partial charge >= 0.3 is 0 Å². The van der Waals surface area contributed by atoms with Gasteiger partial charge in [-0.3, -0.25) is 4.79 Å². The lowest BCUT2D eigenvalue weighted by Gasteiger charge is -2.34. The summed E-state index contributed by atoms with van der Waals surface area (Å²) in [6.45, 7) is 0.873. The van der Waals surface area contributed by atoms with Gasteiger partial charge in [0.1, 0.15) is 11.5 Å². The van der Waals surface area contributed by atoms with E-state index >= 15 is 0 Å². The molecule has 3 heterocycles. The number of carbonyl (C=O) groups is 1. The number of nitrogens with one attached hydrogen (secondary N) is 2. The van der Waals surface area contributed by atoms with Gasteiger partial charge in [-0.2, -0.15) is 0 Å². The van der Waals surface area contributed by atoms with Crippen molar-refractivity contribution in [1.29, 1.82) is 0 Å². The van der Waals surface area contributed by atoms with E-state index in [2.05, 4.69) is 15.3 Å². The van der Waals surface area contributed by atoms with Crippen LogP contribution in [0.4, 0.5) is 23.4 Å². The molecule has 0 saturated heterocycles. The summed E-state index contributed by atoms with van der Waals surface area (Å²) in [4.78, 5) is 22.1. The molecule has 0 aliphatic carbocycles. The Morgan fingerprint density at radius 1 is 1.11 bits per heavy atom. The molecule has 2 aromatic heterocycles. The van der Waals surface area contributed by atoms with Gasteiger partial charge in [0.25, 0.3) is 5.91 Å². The second kappa shape index (κ2) is 8.82. The van der Waals surface area contributed by atoms with Crippen molar-refractivity contribution in [2.45, 2.75) is 12.6 Å². The van der Waals surface area contributed by atoms with Crippen molar-refractivity contribution < 1.29 is 27.1 Å². The number of nitrogens with zero attached hydrogens (tertiary/aromatic N) is 2. The number of hydrogen-bond acceptors (Lipinski definition) is 5. The molecule has 7 nitrogen and oxygen atoms in total. The van der Waals surface area contributed by atoms with E-state index in [4.69, 9.17) is 10.5 Å². The Morgan fingerprint density at radius 2 is 1.80 bits per heavy atom. The van der Waals surface area contributed by atoms with Crippen molar-refractivity contribution in [2.24, 2.45) is 5.73 Å². The number of carbonyl (C=O) groups excluding carboxylic acids is 1. The molecule has 4 N–H and O–H groups in total. The van der Waals surface area contributed by atoms with Crippen LogP contribution in [0.25, 0.3) is 21.7 Å². The van der Waals surface area contributed by atoms with Crippen LogP contribution in [0.5, 0.6) is 0 Å². The number of fused-ring (bicyclic) bond motifs is 4. The zero-order valence-corrected chi connectivity index (χ0v) is 18.6. The quantitative estimate of drug-likeness (QED) is 0.370. The minimum absolute atomic E-state index is 0.0874. The van der Waals surface area contributed by atoms with Gasteiger partial charge < -0.3 is 25.7 Å². The highest BCUT2D eigenvalue weighted by molar-refractivity contribution is 5.99. The second-order valence-electron chi connectivity index (χ2n) is 8.33. The Morgan fingerprint density at radius 3 is 2.54 bits per heavy atom. The van der Waals surface area contributed by atoms with Gasteiger partial charge in [0.2, 0.25) is 0 Å². The summed E-state index contributed by atoms with van der Waals surface area (Å²) in [6, 6.07) is 4.87. The Hall–Kier alpha value is -3.70. The van der Waals surface area contributed by atoms with E-state index in [1.807, 2.05) is 0 Å². The molecule has 1 aliphatic heterocycles. The average molecular weight is 487 g/mol.